The van der Waals surface area contributed by atoms with Crippen LogP contribution in [0.4, 0.5) is 0 Å². The van der Waals surface area contributed by atoms with Crippen LogP contribution in [-0.4, -0.2) is 31.5 Å². The molecule has 2 fully saturated rings. The molecule has 1 aliphatic heterocycles. The second-order valence-corrected chi connectivity index (χ2v) is 6.78. The van der Waals surface area contributed by atoms with Gasteiger partial charge in [-0.25, -0.2) is 0 Å². The highest BCUT2D eigenvalue weighted by atomic mass is 16.7. The van der Waals surface area contributed by atoms with Gasteiger partial charge in [0.05, 0.1) is 24.4 Å². The van der Waals surface area contributed by atoms with Gasteiger partial charge in [-0.1, -0.05) is 12.1 Å². The van der Waals surface area contributed by atoms with Crippen LogP contribution in [0, 0.1) is 0 Å². The first kappa shape index (κ1) is 14.7. The van der Waals surface area contributed by atoms with Crippen LogP contribution in [0.3, 0.4) is 0 Å². The van der Waals surface area contributed by atoms with Gasteiger partial charge in [-0.15, -0.1) is 0 Å². The molecule has 0 spiro atoms. The second-order valence-electron chi connectivity index (χ2n) is 6.78. The van der Waals surface area contributed by atoms with Crippen molar-refractivity contribution in [3.05, 3.63) is 18.2 Å². The fraction of sp³-hybridized carbons (Fsp3) is 0.625. The minimum absolute atomic E-state index is 0.294. The van der Waals surface area contributed by atoms with Gasteiger partial charge in [0.1, 0.15) is 0 Å². The van der Waals surface area contributed by atoms with E-state index in [1.165, 1.54) is 0 Å². The lowest BCUT2D eigenvalue weighted by Gasteiger charge is -2.32. The summed E-state index contributed by atoms with van der Waals surface area (Å²) in [5.74, 6) is 1.48. The van der Waals surface area contributed by atoms with E-state index in [2.05, 4.69) is 27.7 Å². The molecule has 1 aromatic rings. The number of rotatable bonds is 4. The molecule has 0 bridgehead atoms. The number of para-hydroxylation sites is 1. The van der Waals surface area contributed by atoms with Crippen LogP contribution < -0.4 is 14.9 Å². The van der Waals surface area contributed by atoms with Gasteiger partial charge < -0.3 is 18.8 Å². The molecule has 0 amide bonds. The Hall–Kier alpha value is -1.20. The lowest BCUT2D eigenvalue weighted by molar-refractivity contribution is 0.00578. The zero-order valence-electron chi connectivity index (χ0n) is 13.4. The van der Waals surface area contributed by atoms with Gasteiger partial charge in [-0.05, 0) is 46.6 Å². The molecule has 0 atom stereocenters. The van der Waals surface area contributed by atoms with Crippen LogP contribution in [0.25, 0.3) is 0 Å². The molecule has 0 aromatic heterocycles. The Kier molecular flexibility index (Phi) is 3.45. The van der Waals surface area contributed by atoms with Crippen molar-refractivity contribution in [2.24, 2.45) is 0 Å². The first-order chi connectivity index (χ1) is 9.84. The number of hydrogen-bond donors (Lipinski definition) is 0. The Morgan fingerprint density at radius 1 is 1.10 bits per heavy atom. The summed E-state index contributed by atoms with van der Waals surface area (Å²) in [5.41, 5.74) is 0.176. The molecule has 3 rings (SSSR count). The molecule has 21 heavy (non-hydrogen) atoms. The molecule has 2 aliphatic rings. The van der Waals surface area contributed by atoms with Crippen LogP contribution in [0.1, 0.15) is 40.5 Å². The van der Waals surface area contributed by atoms with Gasteiger partial charge in [-0.3, -0.25) is 0 Å². The largest absolute Gasteiger partial charge is 0.498 e. The molecule has 0 N–H and O–H groups in total. The molecule has 1 heterocycles. The van der Waals surface area contributed by atoms with Crippen molar-refractivity contribution >= 4 is 12.6 Å². The van der Waals surface area contributed by atoms with E-state index in [-0.39, 0.29) is 11.2 Å². The fourth-order valence-electron chi connectivity index (χ4n) is 2.33. The smallest absolute Gasteiger partial charge is 0.493 e. The predicted octanol–water partition coefficient (Wildman–Crippen LogP) is 2.54. The van der Waals surface area contributed by atoms with Gasteiger partial charge in [0.25, 0.3) is 0 Å². The second kappa shape index (κ2) is 4.92. The molecule has 4 nitrogen and oxygen atoms in total. The number of hydrogen-bond acceptors (Lipinski definition) is 4. The normalized spacial score (nSPS) is 23.2. The Morgan fingerprint density at radius 2 is 1.71 bits per heavy atom. The van der Waals surface area contributed by atoms with Crippen molar-refractivity contribution in [2.45, 2.75) is 57.8 Å². The maximum absolute atomic E-state index is 6.13. The highest BCUT2D eigenvalue weighted by Crippen LogP contribution is 2.39. The first-order valence-electron chi connectivity index (χ1n) is 7.53. The van der Waals surface area contributed by atoms with Gasteiger partial charge in [0.15, 0.2) is 11.5 Å². The topological polar surface area (TPSA) is 36.9 Å². The van der Waals surface area contributed by atoms with Crippen LogP contribution in [0.5, 0.6) is 11.5 Å². The zero-order chi connectivity index (χ0) is 15.3. The van der Waals surface area contributed by atoms with Crippen LogP contribution >= 0.6 is 0 Å². The van der Waals surface area contributed by atoms with E-state index >= 15 is 0 Å². The van der Waals surface area contributed by atoms with Gasteiger partial charge in [0.2, 0.25) is 0 Å². The van der Waals surface area contributed by atoms with Gasteiger partial charge in [-0.2, -0.15) is 0 Å². The van der Waals surface area contributed by atoms with E-state index in [4.69, 9.17) is 18.8 Å². The third-order valence-electron chi connectivity index (χ3n) is 4.55. The lowest BCUT2D eigenvalue weighted by atomic mass is 9.78. The highest BCUT2D eigenvalue weighted by Gasteiger charge is 2.52. The van der Waals surface area contributed by atoms with E-state index in [9.17, 15) is 0 Å². The monoisotopic (exact) mass is 290 g/mol. The molecule has 0 unspecified atom stereocenters. The predicted molar refractivity (Wildman–Crippen MR) is 82.4 cm³/mol. The van der Waals surface area contributed by atoms with E-state index in [1.54, 1.807) is 7.11 Å². The Labute approximate surface area is 126 Å². The Balaban J connectivity index is 1.95. The molecule has 1 saturated carbocycles. The molecular formula is C16H23BO4. The van der Waals surface area contributed by atoms with E-state index in [0.29, 0.717) is 6.10 Å². The fourth-order valence-corrected chi connectivity index (χ4v) is 2.33. The highest BCUT2D eigenvalue weighted by molar-refractivity contribution is 6.63. The van der Waals surface area contributed by atoms with Crippen molar-refractivity contribution < 1.29 is 18.8 Å². The van der Waals surface area contributed by atoms with Gasteiger partial charge >= 0.3 is 7.12 Å². The van der Waals surface area contributed by atoms with Crippen molar-refractivity contribution in [1.82, 2.24) is 0 Å². The summed E-state index contributed by atoms with van der Waals surface area (Å²) in [5, 5.41) is 0. The van der Waals surface area contributed by atoms with Gasteiger partial charge in [0, 0.05) is 5.46 Å². The molecule has 1 saturated heterocycles. The number of ether oxygens (including phenoxy) is 2. The zero-order valence-corrected chi connectivity index (χ0v) is 13.4. The van der Waals surface area contributed by atoms with E-state index < -0.39 is 7.12 Å². The quantitative estimate of drug-likeness (QED) is 0.799. The number of methoxy groups -OCH3 is 1. The van der Waals surface area contributed by atoms with Crippen molar-refractivity contribution in [1.29, 1.82) is 0 Å². The first-order valence-corrected chi connectivity index (χ1v) is 7.53. The molecule has 0 radical (unpaired) electrons. The summed E-state index contributed by atoms with van der Waals surface area (Å²) in [4.78, 5) is 0. The molecule has 5 heteroatoms. The van der Waals surface area contributed by atoms with Crippen molar-refractivity contribution in [2.75, 3.05) is 7.11 Å². The molecule has 114 valence electrons. The minimum atomic E-state index is -0.432. The summed E-state index contributed by atoms with van der Waals surface area (Å²) in [6.45, 7) is 8.20. The average molecular weight is 290 g/mol. The minimum Gasteiger partial charge on any atom is -0.493 e. The SMILES string of the molecule is COc1cccc(B2OC(C)(C)C(C)(C)O2)c1OC1CC1. The lowest BCUT2D eigenvalue weighted by Crippen LogP contribution is -2.41. The molecule has 1 aromatic carbocycles. The average Bonchev–Trinajstić information content (AvgIpc) is 3.17. The maximum Gasteiger partial charge on any atom is 0.498 e. The summed E-state index contributed by atoms with van der Waals surface area (Å²) in [6, 6.07) is 5.84. The summed E-state index contributed by atoms with van der Waals surface area (Å²) < 4.78 is 23.8. The van der Waals surface area contributed by atoms with Crippen molar-refractivity contribution in [3.8, 4) is 11.5 Å². The number of benzene rings is 1. The standard InChI is InChI=1S/C16H23BO4/c1-15(2)16(3,4)21-17(20-15)12-7-6-8-13(18-5)14(12)19-11-9-10-11/h6-8,11H,9-10H2,1-5H3. The third-order valence-corrected chi connectivity index (χ3v) is 4.55. The van der Waals surface area contributed by atoms with Crippen LogP contribution in [-0.2, 0) is 9.31 Å². The van der Waals surface area contributed by atoms with E-state index in [0.717, 1.165) is 29.8 Å². The van der Waals surface area contributed by atoms with Crippen LogP contribution in [0.15, 0.2) is 18.2 Å². The summed E-state index contributed by atoms with van der Waals surface area (Å²) >= 11 is 0. The summed E-state index contributed by atoms with van der Waals surface area (Å²) in [7, 11) is 1.22. The Morgan fingerprint density at radius 3 is 2.24 bits per heavy atom. The van der Waals surface area contributed by atoms with Crippen molar-refractivity contribution in [3.63, 3.8) is 0 Å². The molecule has 1 aliphatic carbocycles. The Bertz CT molecular complexity index is 521. The van der Waals surface area contributed by atoms with Crippen LogP contribution in [0.2, 0.25) is 0 Å². The maximum atomic E-state index is 6.13. The summed E-state index contributed by atoms with van der Waals surface area (Å²) in [6.07, 6.45) is 2.49. The molecular weight excluding hydrogens is 267 g/mol. The van der Waals surface area contributed by atoms with E-state index in [1.807, 2.05) is 18.2 Å². The third kappa shape index (κ3) is 2.65.